The predicted octanol–water partition coefficient (Wildman–Crippen LogP) is 2.23. The molecular weight excluding hydrogens is 208 g/mol. The molecule has 0 saturated carbocycles. The normalized spacial score (nSPS) is 11.1. The molecule has 0 saturated heterocycles. The Morgan fingerprint density at radius 3 is 2.19 bits per heavy atom. The van der Waals surface area contributed by atoms with E-state index in [0.717, 1.165) is 5.57 Å². The first-order chi connectivity index (χ1) is 7.60. The van der Waals surface area contributed by atoms with Crippen molar-refractivity contribution in [2.75, 3.05) is 13.2 Å². The van der Waals surface area contributed by atoms with E-state index in [-0.39, 0.29) is 11.9 Å². The summed E-state index contributed by atoms with van der Waals surface area (Å²) in [5, 5.41) is 0. The lowest BCUT2D eigenvalue weighted by molar-refractivity contribution is -0.143. The second kappa shape index (κ2) is 8.95. The van der Waals surface area contributed by atoms with E-state index in [4.69, 9.17) is 9.47 Å². The van der Waals surface area contributed by atoms with Gasteiger partial charge < -0.3 is 9.47 Å². The highest BCUT2D eigenvalue weighted by atomic mass is 16.5. The highest BCUT2D eigenvalue weighted by Gasteiger charge is 1.99. The molecule has 0 aliphatic rings. The molecule has 0 aliphatic heterocycles. The van der Waals surface area contributed by atoms with Crippen LogP contribution in [0.3, 0.4) is 0 Å². The topological polar surface area (TPSA) is 52.6 Å². The van der Waals surface area contributed by atoms with Crippen LogP contribution in [0.1, 0.15) is 40.0 Å². The molecule has 0 aromatic rings. The highest BCUT2D eigenvalue weighted by Crippen LogP contribution is 2.01. The minimum atomic E-state index is -0.207. The van der Waals surface area contributed by atoms with Crippen molar-refractivity contribution in [3.05, 3.63) is 11.6 Å². The van der Waals surface area contributed by atoms with Crippen molar-refractivity contribution in [3.63, 3.8) is 0 Å². The molecule has 0 aromatic carbocycles. The average molecular weight is 228 g/mol. The summed E-state index contributed by atoms with van der Waals surface area (Å²) in [7, 11) is 0. The SMILES string of the molecule is CCC(=O)OC/C=C(/C)CCOC(=O)CC. The quantitative estimate of drug-likeness (QED) is 0.495. The van der Waals surface area contributed by atoms with Crippen LogP contribution in [0.4, 0.5) is 0 Å². The molecule has 0 aromatic heterocycles. The molecule has 0 bridgehead atoms. The first-order valence-electron chi connectivity index (χ1n) is 5.57. The van der Waals surface area contributed by atoms with Crippen LogP contribution < -0.4 is 0 Å². The Kier molecular flexibility index (Phi) is 8.21. The van der Waals surface area contributed by atoms with Gasteiger partial charge in [-0.2, -0.15) is 0 Å². The second-order valence-electron chi connectivity index (χ2n) is 3.41. The fourth-order valence-electron chi connectivity index (χ4n) is 0.909. The molecule has 92 valence electrons. The molecular formula is C12H20O4. The molecule has 0 N–H and O–H groups in total. The Morgan fingerprint density at radius 2 is 1.62 bits per heavy atom. The number of ether oxygens (including phenoxy) is 2. The standard InChI is InChI=1S/C12H20O4/c1-4-11(13)15-8-6-10(3)7-9-16-12(14)5-2/h6H,4-5,7-9H2,1-3H3/b10-6-. The van der Waals surface area contributed by atoms with Crippen molar-refractivity contribution in [2.45, 2.75) is 40.0 Å². The van der Waals surface area contributed by atoms with Gasteiger partial charge in [-0.05, 0) is 13.0 Å². The largest absolute Gasteiger partial charge is 0.465 e. The maximum atomic E-state index is 10.8. The summed E-state index contributed by atoms with van der Waals surface area (Å²) in [4.78, 5) is 21.6. The summed E-state index contributed by atoms with van der Waals surface area (Å²) in [6.45, 7) is 6.11. The lowest BCUT2D eigenvalue weighted by Crippen LogP contribution is -2.05. The third-order valence-electron chi connectivity index (χ3n) is 2.01. The zero-order chi connectivity index (χ0) is 12.4. The zero-order valence-corrected chi connectivity index (χ0v) is 10.2. The van der Waals surface area contributed by atoms with Gasteiger partial charge in [0.15, 0.2) is 0 Å². The van der Waals surface area contributed by atoms with E-state index in [1.165, 1.54) is 0 Å². The summed E-state index contributed by atoms with van der Waals surface area (Å²) in [6.07, 6.45) is 3.29. The van der Waals surface area contributed by atoms with Crippen LogP contribution in [-0.4, -0.2) is 25.2 Å². The predicted molar refractivity (Wildman–Crippen MR) is 60.9 cm³/mol. The van der Waals surface area contributed by atoms with Crippen molar-refractivity contribution in [3.8, 4) is 0 Å². The van der Waals surface area contributed by atoms with Crippen LogP contribution >= 0.6 is 0 Å². The summed E-state index contributed by atoms with van der Waals surface area (Å²) in [5.74, 6) is -0.397. The molecule has 16 heavy (non-hydrogen) atoms. The Bertz CT molecular complexity index is 256. The molecule has 0 radical (unpaired) electrons. The monoisotopic (exact) mass is 228 g/mol. The summed E-state index contributed by atoms with van der Waals surface area (Å²) in [6, 6.07) is 0. The number of hydrogen-bond donors (Lipinski definition) is 0. The molecule has 0 unspecified atom stereocenters. The van der Waals surface area contributed by atoms with Crippen LogP contribution in [0.25, 0.3) is 0 Å². The summed E-state index contributed by atoms with van der Waals surface area (Å²) < 4.78 is 9.81. The van der Waals surface area contributed by atoms with Gasteiger partial charge in [-0.15, -0.1) is 0 Å². The van der Waals surface area contributed by atoms with E-state index in [2.05, 4.69) is 0 Å². The molecule has 0 amide bonds. The average Bonchev–Trinajstić information content (AvgIpc) is 2.28. The number of esters is 2. The summed E-state index contributed by atoms with van der Waals surface area (Å²) in [5.41, 5.74) is 1.05. The molecule has 4 nitrogen and oxygen atoms in total. The lowest BCUT2D eigenvalue weighted by Gasteiger charge is -2.04. The van der Waals surface area contributed by atoms with Crippen molar-refractivity contribution >= 4 is 11.9 Å². The number of hydrogen-bond acceptors (Lipinski definition) is 4. The summed E-state index contributed by atoms with van der Waals surface area (Å²) >= 11 is 0. The van der Waals surface area contributed by atoms with Gasteiger partial charge in [0.2, 0.25) is 0 Å². The number of carbonyl (C=O) groups excluding carboxylic acids is 2. The molecule has 0 fully saturated rings. The van der Waals surface area contributed by atoms with Crippen molar-refractivity contribution in [1.29, 1.82) is 0 Å². The van der Waals surface area contributed by atoms with Crippen LogP contribution in [0.15, 0.2) is 11.6 Å². The third kappa shape index (κ3) is 8.03. The van der Waals surface area contributed by atoms with Gasteiger partial charge in [0.1, 0.15) is 6.61 Å². The molecule has 0 heterocycles. The fourth-order valence-corrected chi connectivity index (χ4v) is 0.909. The number of rotatable bonds is 7. The smallest absolute Gasteiger partial charge is 0.305 e. The van der Waals surface area contributed by atoms with E-state index in [9.17, 15) is 9.59 Å². The van der Waals surface area contributed by atoms with Crippen LogP contribution in [-0.2, 0) is 19.1 Å². The molecule has 0 rings (SSSR count). The van der Waals surface area contributed by atoms with Crippen LogP contribution in [0.2, 0.25) is 0 Å². The van der Waals surface area contributed by atoms with Crippen molar-refractivity contribution < 1.29 is 19.1 Å². The molecule has 0 aliphatic carbocycles. The van der Waals surface area contributed by atoms with Crippen LogP contribution in [0.5, 0.6) is 0 Å². The molecule has 4 heteroatoms. The Morgan fingerprint density at radius 1 is 1.06 bits per heavy atom. The molecule has 0 atom stereocenters. The third-order valence-corrected chi connectivity index (χ3v) is 2.01. The van der Waals surface area contributed by atoms with Gasteiger partial charge >= 0.3 is 11.9 Å². The fraction of sp³-hybridized carbons (Fsp3) is 0.667. The van der Waals surface area contributed by atoms with E-state index in [1.807, 2.05) is 13.0 Å². The lowest BCUT2D eigenvalue weighted by atomic mass is 10.2. The zero-order valence-electron chi connectivity index (χ0n) is 10.2. The Labute approximate surface area is 96.6 Å². The first kappa shape index (κ1) is 14.7. The Hall–Kier alpha value is -1.32. The van der Waals surface area contributed by atoms with E-state index in [1.54, 1.807) is 13.8 Å². The van der Waals surface area contributed by atoms with Crippen LogP contribution in [0, 0.1) is 0 Å². The number of carbonyl (C=O) groups is 2. The van der Waals surface area contributed by atoms with E-state index in [0.29, 0.717) is 32.5 Å². The minimum absolute atomic E-state index is 0.190. The maximum absolute atomic E-state index is 10.8. The van der Waals surface area contributed by atoms with Gasteiger partial charge in [0.25, 0.3) is 0 Å². The molecule has 0 spiro atoms. The van der Waals surface area contributed by atoms with Crippen molar-refractivity contribution in [1.82, 2.24) is 0 Å². The van der Waals surface area contributed by atoms with Gasteiger partial charge in [0.05, 0.1) is 6.61 Å². The highest BCUT2D eigenvalue weighted by molar-refractivity contribution is 5.69. The maximum Gasteiger partial charge on any atom is 0.305 e. The van der Waals surface area contributed by atoms with Crippen molar-refractivity contribution in [2.24, 2.45) is 0 Å². The Balaban J connectivity index is 3.63. The first-order valence-corrected chi connectivity index (χ1v) is 5.57. The minimum Gasteiger partial charge on any atom is -0.465 e. The van der Waals surface area contributed by atoms with Gasteiger partial charge in [-0.25, -0.2) is 0 Å². The second-order valence-corrected chi connectivity index (χ2v) is 3.41. The van der Waals surface area contributed by atoms with Gasteiger partial charge in [0, 0.05) is 19.3 Å². The van der Waals surface area contributed by atoms with E-state index >= 15 is 0 Å². The van der Waals surface area contributed by atoms with Gasteiger partial charge in [-0.3, -0.25) is 9.59 Å². The van der Waals surface area contributed by atoms with E-state index < -0.39 is 0 Å². The van der Waals surface area contributed by atoms with Gasteiger partial charge in [-0.1, -0.05) is 19.4 Å².